The van der Waals surface area contributed by atoms with E-state index >= 15 is 0 Å². The molecule has 0 aliphatic heterocycles. The molecule has 0 radical (unpaired) electrons. The predicted molar refractivity (Wildman–Crippen MR) is 106 cm³/mol. The van der Waals surface area contributed by atoms with Gasteiger partial charge in [-0.05, 0) is 25.7 Å². The number of aliphatic carboxylic acids is 2. The van der Waals surface area contributed by atoms with Crippen LogP contribution in [0.5, 0.6) is 0 Å². The van der Waals surface area contributed by atoms with E-state index in [0.717, 1.165) is 13.8 Å². The van der Waals surface area contributed by atoms with Gasteiger partial charge >= 0.3 is 42.3 Å². The van der Waals surface area contributed by atoms with Gasteiger partial charge < -0.3 is 49.4 Å². The highest BCUT2D eigenvalue weighted by molar-refractivity contribution is 7.73. The highest BCUT2D eigenvalue weighted by atomic mass is 31.2. The minimum Gasteiger partial charge on any atom is -0.481 e. The molecule has 0 aliphatic carbocycles. The Hall–Kier alpha value is -0.460. The molecule has 20 heteroatoms. The summed E-state index contributed by atoms with van der Waals surface area (Å²) in [6.45, 7) is 1.71. The van der Waals surface area contributed by atoms with Crippen molar-refractivity contribution in [1.82, 2.24) is 0 Å². The number of hydrogen-bond acceptors (Lipinski definition) is 6. The molecule has 0 bridgehead atoms. The van der Waals surface area contributed by atoms with Crippen LogP contribution in [0.2, 0.25) is 0 Å². The van der Waals surface area contributed by atoms with E-state index < -0.39 is 89.6 Å². The highest BCUT2D eigenvalue weighted by Gasteiger charge is 2.65. The van der Waals surface area contributed by atoms with Crippen LogP contribution in [0.4, 0.5) is 0 Å². The average molecular weight is 550 g/mol. The quantitative estimate of drug-likeness (QED) is 0.136. The Morgan fingerprint density at radius 1 is 0.656 bits per heavy atom. The van der Waals surface area contributed by atoms with Gasteiger partial charge in [0.05, 0.1) is 11.8 Å². The lowest BCUT2D eigenvalue weighted by atomic mass is 9.92. The molecule has 2 unspecified atom stereocenters. The lowest BCUT2D eigenvalue weighted by molar-refractivity contribution is -0.142. The van der Waals surface area contributed by atoms with Crippen molar-refractivity contribution in [1.29, 1.82) is 0 Å². The van der Waals surface area contributed by atoms with E-state index in [1.165, 1.54) is 0 Å². The summed E-state index contributed by atoms with van der Waals surface area (Å²) in [5.74, 6) is -8.24. The van der Waals surface area contributed by atoms with Gasteiger partial charge in [0.25, 0.3) is 0 Å². The summed E-state index contributed by atoms with van der Waals surface area (Å²) in [7, 11) is -23.7. The molecule has 10 N–H and O–H groups in total. The summed E-state index contributed by atoms with van der Waals surface area (Å²) in [5, 5.41) is 18.5. The lowest BCUT2D eigenvalue weighted by Crippen LogP contribution is -2.40. The van der Waals surface area contributed by atoms with Gasteiger partial charge in [0, 0.05) is 0 Å². The van der Waals surface area contributed by atoms with Gasteiger partial charge in [0.2, 0.25) is 0 Å². The molecular formula is C12H26O16P4. The van der Waals surface area contributed by atoms with E-state index in [1.807, 2.05) is 0 Å². The van der Waals surface area contributed by atoms with E-state index in [0.29, 0.717) is 0 Å². The van der Waals surface area contributed by atoms with Crippen molar-refractivity contribution in [2.24, 2.45) is 11.8 Å². The molecule has 0 heterocycles. The number of rotatable bonds is 13. The van der Waals surface area contributed by atoms with Crippen molar-refractivity contribution in [2.75, 3.05) is 0 Å². The third-order valence-corrected chi connectivity index (χ3v) is 14.5. The second-order valence-corrected chi connectivity index (χ2v) is 15.9. The van der Waals surface area contributed by atoms with Crippen molar-refractivity contribution in [3.8, 4) is 0 Å². The Labute approximate surface area is 181 Å². The van der Waals surface area contributed by atoms with Crippen LogP contribution in [0.15, 0.2) is 0 Å². The monoisotopic (exact) mass is 550 g/mol. The fraction of sp³-hybridized carbons (Fsp3) is 0.833. The minimum atomic E-state index is -6.05. The molecule has 16 nitrogen and oxygen atoms in total. The first-order valence-electron chi connectivity index (χ1n) is 8.58. The SMILES string of the molecule is CCC(CC(CC(CC(C)C(=O)O)(P(=O)(O)O)P(=O)(O)O)C(=O)O)(P(=O)(O)O)P(=O)(O)O. The standard InChI is InChI=1S/C12H26O16P4/c1-3-11(29(17,18)19,30(20,21)22)5-8(10(15)16)6-12(31(23,24)25,32(26,27)28)4-7(2)9(13)14/h7-8H,3-6H2,1-2H3,(H,13,14)(H,15,16)(H2,17,18,19)(H2,20,21,22)(H2,23,24,25)(H2,26,27,28). The topological polar surface area (TPSA) is 305 Å². The zero-order valence-electron chi connectivity index (χ0n) is 16.7. The van der Waals surface area contributed by atoms with E-state index in [1.54, 1.807) is 0 Å². The molecule has 0 aromatic heterocycles. The first kappa shape index (κ1) is 31.5. The lowest BCUT2D eigenvalue weighted by Gasteiger charge is -2.40. The Kier molecular flexibility index (Phi) is 9.89. The van der Waals surface area contributed by atoms with Crippen molar-refractivity contribution in [3.05, 3.63) is 0 Å². The second-order valence-electron chi connectivity index (χ2n) is 7.38. The summed E-state index contributed by atoms with van der Waals surface area (Å²) < 4.78 is 48.2. The summed E-state index contributed by atoms with van der Waals surface area (Å²) in [6, 6.07) is 0. The Morgan fingerprint density at radius 2 is 0.969 bits per heavy atom. The Bertz CT molecular complexity index is 860. The number of carboxylic acids is 2. The number of carboxylic acid groups (broad SMARTS) is 2. The third kappa shape index (κ3) is 6.35. The molecule has 0 saturated carbocycles. The van der Waals surface area contributed by atoms with E-state index in [9.17, 15) is 72.1 Å². The van der Waals surface area contributed by atoms with Crippen LogP contribution in [-0.2, 0) is 27.8 Å². The molecule has 0 spiro atoms. The zero-order chi connectivity index (χ0) is 26.1. The van der Waals surface area contributed by atoms with Crippen molar-refractivity contribution < 1.29 is 77.2 Å². The van der Waals surface area contributed by atoms with Crippen molar-refractivity contribution >= 4 is 42.3 Å². The smallest absolute Gasteiger partial charge is 0.343 e. The fourth-order valence-electron chi connectivity index (χ4n) is 3.31. The molecule has 2 atom stereocenters. The van der Waals surface area contributed by atoms with Crippen LogP contribution in [0, 0.1) is 11.8 Å². The van der Waals surface area contributed by atoms with Gasteiger partial charge in [-0.15, -0.1) is 0 Å². The third-order valence-electron chi connectivity index (χ3n) is 5.29. The van der Waals surface area contributed by atoms with Gasteiger partial charge in [-0.1, -0.05) is 13.8 Å². The first-order chi connectivity index (χ1) is 13.9. The van der Waals surface area contributed by atoms with Gasteiger partial charge in [0.15, 0.2) is 9.79 Å². The minimum absolute atomic E-state index is 0.819. The Morgan fingerprint density at radius 3 is 1.19 bits per heavy atom. The largest absolute Gasteiger partial charge is 0.481 e. The van der Waals surface area contributed by atoms with Gasteiger partial charge in [-0.25, -0.2) is 0 Å². The zero-order valence-corrected chi connectivity index (χ0v) is 20.3. The number of hydrogen-bond donors (Lipinski definition) is 10. The van der Waals surface area contributed by atoms with E-state index in [2.05, 4.69) is 0 Å². The van der Waals surface area contributed by atoms with Crippen LogP contribution < -0.4 is 0 Å². The van der Waals surface area contributed by atoms with E-state index in [-0.39, 0.29) is 0 Å². The highest BCUT2D eigenvalue weighted by Crippen LogP contribution is 2.76. The summed E-state index contributed by atoms with van der Waals surface area (Å²) >= 11 is 0. The maximum absolute atomic E-state index is 12.2. The van der Waals surface area contributed by atoms with Crippen molar-refractivity contribution in [2.45, 2.75) is 49.3 Å². The fourth-order valence-corrected chi connectivity index (χ4v) is 9.70. The molecule has 190 valence electrons. The molecular weight excluding hydrogens is 524 g/mol. The molecule has 32 heavy (non-hydrogen) atoms. The summed E-state index contributed by atoms with van der Waals surface area (Å²) in [4.78, 5) is 93.1. The molecule has 0 saturated heterocycles. The van der Waals surface area contributed by atoms with Gasteiger partial charge in [-0.3, -0.25) is 27.8 Å². The molecule has 0 aromatic carbocycles. The number of carbonyl (C=O) groups is 2. The average Bonchev–Trinajstić information content (AvgIpc) is 2.52. The van der Waals surface area contributed by atoms with Gasteiger partial charge in [0.1, 0.15) is 0 Å². The molecule has 0 aliphatic rings. The van der Waals surface area contributed by atoms with Crippen LogP contribution in [0.25, 0.3) is 0 Å². The molecule has 0 amide bonds. The van der Waals surface area contributed by atoms with Crippen LogP contribution in [0.3, 0.4) is 0 Å². The summed E-state index contributed by atoms with van der Waals surface area (Å²) in [6.07, 6.45) is -5.84. The second kappa shape index (κ2) is 10.0. The summed E-state index contributed by atoms with van der Waals surface area (Å²) in [5.41, 5.74) is 0. The van der Waals surface area contributed by atoms with Gasteiger partial charge in [-0.2, -0.15) is 0 Å². The van der Waals surface area contributed by atoms with Crippen molar-refractivity contribution in [3.63, 3.8) is 0 Å². The molecule has 0 fully saturated rings. The van der Waals surface area contributed by atoms with Crippen LogP contribution in [0.1, 0.15) is 39.5 Å². The van der Waals surface area contributed by atoms with E-state index in [4.69, 9.17) is 5.11 Å². The molecule has 0 rings (SSSR count). The molecule has 0 aromatic rings. The maximum Gasteiger partial charge on any atom is 0.343 e. The normalized spacial score (nSPS) is 16.4. The first-order valence-corrected chi connectivity index (χ1v) is 15.0. The Balaban J connectivity index is 6.97. The predicted octanol–water partition coefficient (Wildman–Crippen LogP) is 0.0916. The maximum atomic E-state index is 12.2. The van der Waals surface area contributed by atoms with Crippen LogP contribution in [-0.4, -0.2) is 71.1 Å². The van der Waals surface area contributed by atoms with Crippen LogP contribution >= 0.6 is 30.4 Å².